The Kier molecular flexibility index (Phi) is 59.8. The molecule has 0 aliphatic heterocycles. The molecule has 1 unspecified atom stereocenters. The minimum Gasteiger partial charge on any atom is -0.462 e. The van der Waals surface area contributed by atoms with Gasteiger partial charge in [0.2, 0.25) is 0 Å². The number of ether oxygens (including phenoxy) is 2. The third kappa shape index (κ3) is 58.7. The summed E-state index contributed by atoms with van der Waals surface area (Å²) >= 11 is 0. The SMILES string of the molecule is CCCCCCC/C=C\C/C=C\CCCCCCCCCCCCCCCCCCCCCCCC(=O)OC(CO)COC(=O)CCCCCCCCCCCCC/C=C\CCCCCCCCCC. The fourth-order valence-electron chi connectivity index (χ4n) is 9.64. The first-order valence-electron chi connectivity index (χ1n) is 31.5. The van der Waals surface area contributed by atoms with Crippen LogP contribution >= 0.6 is 0 Å². The molecule has 0 aromatic heterocycles. The Hall–Kier alpha value is -1.88. The van der Waals surface area contributed by atoms with Gasteiger partial charge in [-0.05, 0) is 70.6 Å². The third-order valence-electron chi connectivity index (χ3n) is 14.4. The molecular weight excluding hydrogens is 861 g/mol. The van der Waals surface area contributed by atoms with E-state index < -0.39 is 6.10 Å². The summed E-state index contributed by atoms with van der Waals surface area (Å²) in [6.45, 7) is 4.18. The quantitative estimate of drug-likeness (QED) is 0.0373. The molecule has 0 aliphatic carbocycles. The highest BCUT2D eigenvalue weighted by Crippen LogP contribution is 2.18. The lowest BCUT2D eigenvalue weighted by Crippen LogP contribution is -2.28. The summed E-state index contributed by atoms with van der Waals surface area (Å²) in [5, 5.41) is 9.67. The molecule has 0 fully saturated rings. The molecule has 0 aromatic rings. The van der Waals surface area contributed by atoms with Crippen molar-refractivity contribution in [3.63, 3.8) is 0 Å². The number of hydrogen-bond acceptors (Lipinski definition) is 5. The highest BCUT2D eigenvalue weighted by atomic mass is 16.6. The van der Waals surface area contributed by atoms with Crippen LogP contribution in [-0.2, 0) is 19.1 Å². The van der Waals surface area contributed by atoms with Gasteiger partial charge in [-0.3, -0.25) is 9.59 Å². The summed E-state index contributed by atoms with van der Waals surface area (Å²) < 4.78 is 10.7. The summed E-state index contributed by atoms with van der Waals surface area (Å²) in [6.07, 6.45) is 80.1. The van der Waals surface area contributed by atoms with Gasteiger partial charge in [0.1, 0.15) is 6.61 Å². The van der Waals surface area contributed by atoms with Crippen molar-refractivity contribution < 1.29 is 24.2 Å². The lowest BCUT2D eigenvalue weighted by molar-refractivity contribution is -0.161. The van der Waals surface area contributed by atoms with Gasteiger partial charge in [-0.25, -0.2) is 0 Å². The Morgan fingerprint density at radius 1 is 0.329 bits per heavy atom. The first-order valence-corrected chi connectivity index (χ1v) is 31.5. The van der Waals surface area contributed by atoms with Crippen LogP contribution in [0.3, 0.4) is 0 Å². The summed E-state index contributed by atoms with van der Waals surface area (Å²) in [7, 11) is 0. The smallest absolute Gasteiger partial charge is 0.306 e. The summed E-state index contributed by atoms with van der Waals surface area (Å²) in [5.41, 5.74) is 0. The number of aliphatic hydroxyl groups excluding tert-OH is 1. The van der Waals surface area contributed by atoms with Gasteiger partial charge in [0.25, 0.3) is 0 Å². The van der Waals surface area contributed by atoms with Crippen LogP contribution in [-0.4, -0.2) is 36.4 Å². The standard InChI is InChI=1S/C65H122O5/c1-3-5-7-9-11-13-15-17-19-21-23-25-27-28-29-30-31-32-33-34-35-36-38-40-42-44-46-48-50-52-54-56-58-60-65(68)70-63(61-66)62-69-64(67)59-57-55-53-51-49-47-45-43-41-39-37-26-24-22-20-18-16-14-12-10-8-6-4-2/h15,17,21-24,63,66H,3-14,16,18-20,25-62H2,1-2H3/b17-15-,23-21-,24-22-. The zero-order chi connectivity index (χ0) is 50.6. The molecule has 1 atom stereocenters. The van der Waals surface area contributed by atoms with Gasteiger partial charge in [0, 0.05) is 12.8 Å². The van der Waals surface area contributed by atoms with Crippen molar-refractivity contribution in [2.45, 2.75) is 354 Å². The molecule has 0 aromatic carbocycles. The third-order valence-corrected chi connectivity index (χ3v) is 14.4. The second-order valence-corrected chi connectivity index (χ2v) is 21.5. The largest absolute Gasteiger partial charge is 0.462 e. The van der Waals surface area contributed by atoms with Gasteiger partial charge in [-0.1, -0.05) is 301 Å². The van der Waals surface area contributed by atoms with Crippen LogP contribution in [0.15, 0.2) is 36.5 Å². The van der Waals surface area contributed by atoms with E-state index in [1.54, 1.807) is 0 Å². The molecule has 0 spiro atoms. The van der Waals surface area contributed by atoms with E-state index in [1.807, 2.05) is 0 Å². The van der Waals surface area contributed by atoms with Crippen molar-refractivity contribution >= 4 is 11.9 Å². The predicted molar refractivity (Wildman–Crippen MR) is 307 cm³/mol. The van der Waals surface area contributed by atoms with Crippen LogP contribution in [0, 0.1) is 0 Å². The normalized spacial score (nSPS) is 12.3. The molecule has 1 N–H and O–H groups in total. The van der Waals surface area contributed by atoms with Crippen molar-refractivity contribution in [1.29, 1.82) is 0 Å². The van der Waals surface area contributed by atoms with Crippen molar-refractivity contribution in [2.24, 2.45) is 0 Å². The number of hydrogen-bond donors (Lipinski definition) is 1. The second kappa shape index (κ2) is 61.4. The maximum atomic E-state index is 12.3. The van der Waals surface area contributed by atoms with Crippen molar-refractivity contribution in [1.82, 2.24) is 0 Å². The van der Waals surface area contributed by atoms with Crippen LogP contribution in [0.1, 0.15) is 348 Å². The summed E-state index contributed by atoms with van der Waals surface area (Å²) in [6, 6.07) is 0. The molecule has 5 nitrogen and oxygen atoms in total. The molecule has 5 heteroatoms. The molecule has 0 radical (unpaired) electrons. The Bertz CT molecular complexity index is 1110. The Labute approximate surface area is 437 Å². The van der Waals surface area contributed by atoms with Crippen LogP contribution in [0.2, 0.25) is 0 Å². The van der Waals surface area contributed by atoms with E-state index in [4.69, 9.17) is 9.47 Å². The number of rotatable bonds is 59. The van der Waals surface area contributed by atoms with Gasteiger partial charge in [-0.2, -0.15) is 0 Å². The van der Waals surface area contributed by atoms with Crippen LogP contribution in [0.4, 0.5) is 0 Å². The molecule has 412 valence electrons. The Balaban J connectivity index is 3.41. The minimum atomic E-state index is -0.770. The van der Waals surface area contributed by atoms with Gasteiger partial charge in [0.15, 0.2) is 6.10 Å². The average molecular weight is 984 g/mol. The molecule has 0 rings (SSSR count). The van der Waals surface area contributed by atoms with E-state index in [0.29, 0.717) is 12.8 Å². The molecule has 0 saturated heterocycles. The number of carbonyl (C=O) groups is 2. The number of aliphatic hydroxyl groups is 1. The highest BCUT2D eigenvalue weighted by molar-refractivity contribution is 5.70. The van der Waals surface area contributed by atoms with Crippen LogP contribution in [0.5, 0.6) is 0 Å². The lowest BCUT2D eigenvalue weighted by atomic mass is 10.0. The Morgan fingerprint density at radius 2 is 0.571 bits per heavy atom. The molecule has 70 heavy (non-hydrogen) atoms. The number of carbonyl (C=O) groups excluding carboxylic acids is 2. The maximum Gasteiger partial charge on any atom is 0.306 e. The molecule has 0 aliphatic rings. The number of esters is 2. The predicted octanol–water partition coefficient (Wildman–Crippen LogP) is 21.4. The molecule has 0 bridgehead atoms. The molecule has 0 heterocycles. The zero-order valence-electron chi connectivity index (χ0n) is 47.3. The first kappa shape index (κ1) is 68.1. The highest BCUT2D eigenvalue weighted by Gasteiger charge is 2.16. The first-order chi connectivity index (χ1) is 34.6. The minimum absolute atomic E-state index is 0.0610. The van der Waals surface area contributed by atoms with Crippen LogP contribution in [0.25, 0.3) is 0 Å². The van der Waals surface area contributed by atoms with E-state index in [1.165, 1.54) is 276 Å². The van der Waals surface area contributed by atoms with Gasteiger partial charge < -0.3 is 14.6 Å². The second-order valence-electron chi connectivity index (χ2n) is 21.5. The molecular formula is C65H122O5. The van der Waals surface area contributed by atoms with Gasteiger partial charge >= 0.3 is 11.9 Å². The fourth-order valence-corrected chi connectivity index (χ4v) is 9.64. The molecule has 0 amide bonds. The van der Waals surface area contributed by atoms with E-state index in [-0.39, 0.29) is 25.2 Å². The molecule has 0 saturated carbocycles. The van der Waals surface area contributed by atoms with Gasteiger partial charge in [-0.15, -0.1) is 0 Å². The lowest BCUT2D eigenvalue weighted by Gasteiger charge is -2.15. The fraction of sp³-hybridized carbons (Fsp3) is 0.877. The van der Waals surface area contributed by atoms with Crippen molar-refractivity contribution in [2.75, 3.05) is 13.2 Å². The van der Waals surface area contributed by atoms with E-state index in [0.717, 1.165) is 44.9 Å². The summed E-state index contributed by atoms with van der Waals surface area (Å²) in [4.78, 5) is 24.6. The maximum absolute atomic E-state index is 12.3. The average Bonchev–Trinajstić information content (AvgIpc) is 3.36. The monoisotopic (exact) mass is 983 g/mol. The topological polar surface area (TPSA) is 72.8 Å². The van der Waals surface area contributed by atoms with E-state index in [2.05, 4.69) is 50.3 Å². The zero-order valence-corrected chi connectivity index (χ0v) is 47.3. The number of unbranched alkanes of at least 4 members (excludes halogenated alkanes) is 45. The van der Waals surface area contributed by atoms with Crippen molar-refractivity contribution in [3.05, 3.63) is 36.5 Å². The van der Waals surface area contributed by atoms with E-state index in [9.17, 15) is 14.7 Å². The Morgan fingerprint density at radius 3 is 0.857 bits per heavy atom. The van der Waals surface area contributed by atoms with Crippen LogP contribution < -0.4 is 0 Å². The number of allylic oxidation sites excluding steroid dienone is 6. The van der Waals surface area contributed by atoms with Crippen molar-refractivity contribution in [3.8, 4) is 0 Å². The van der Waals surface area contributed by atoms with Gasteiger partial charge in [0.05, 0.1) is 6.61 Å². The van der Waals surface area contributed by atoms with E-state index >= 15 is 0 Å². The summed E-state index contributed by atoms with van der Waals surface area (Å²) in [5.74, 6) is -0.571.